The third kappa shape index (κ3) is 6.70. The summed E-state index contributed by atoms with van der Waals surface area (Å²) in [5.74, 6) is 2.86. The molecule has 388 valence electrons. The molecule has 0 unspecified atom stereocenters. The molecule has 0 N–H and O–H groups in total. The molecule has 4 aliphatic rings. The van der Waals surface area contributed by atoms with Crippen LogP contribution in [0.15, 0.2) is 235 Å². The van der Waals surface area contributed by atoms with Gasteiger partial charge in [0.25, 0.3) is 26.9 Å². The Hall–Kier alpha value is -10.3. The average molecular weight is 1100 g/mol. The lowest BCUT2D eigenvalue weighted by Crippen LogP contribution is -2.32. The number of para-hydroxylation sites is 3. The molecule has 0 saturated carbocycles. The van der Waals surface area contributed by atoms with Crippen LogP contribution in [0, 0.1) is 0 Å². The molecule has 17 aromatic rings. The van der Waals surface area contributed by atoms with E-state index in [1.807, 2.05) is 72.3 Å². The molecule has 0 amide bonds. The largest absolute Gasteiger partial charge is 0.437 e. The monoisotopic (exact) mass is 1100 g/mol. The van der Waals surface area contributed by atoms with Crippen molar-refractivity contribution >= 4 is 109 Å². The molecule has 82 heavy (non-hydrogen) atoms. The molecule has 14 heteroatoms. The number of thiazole rings is 1. The number of rotatable bonds is 1. The Bertz CT molecular complexity index is 5280. The first-order valence-electron chi connectivity index (χ1n) is 27.2. The van der Waals surface area contributed by atoms with Crippen molar-refractivity contribution in [3.63, 3.8) is 0 Å². The maximum Gasteiger partial charge on any atom is 0.422 e. The van der Waals surface area contributed by atoms with Crippen LogP contribution in [0.3, 0.4) is 0 Å². The summed E-state index contributed by atoms with van der Waals surface area (Å²) >= 11 is 3.46. The van der Waals surface area contributed by atoms with Gasteiger partial charge in [0.2, 0.25) is 11.2 Å². The number of pyridine rings is 2. The van der Waals surface area contributed by atoms with Crippen molar-refractivity contribution in [1.29, 1.82) is 0 Å². The first-order valence-corrected chi connectivity index (χ1v) is 28.9. The maximum atomic E-state index is 6.39. The van der Waals surface area contributed by atoms with Crippen LogP contribution in [0.25, 0.3) is 137 Å². The van der Waals surface area contributed by atoms with E-state index in [0.29, 0.717) is 0 Å². The molecule has 0 fully saturated rings. The molecule has 0 radical (unpaired) electrons. The summed E-state index contributed by atoms with van der Waals surface area (Å²) in [6.07, 6.45) is 3.65. The van der Waals surface area contributed by atoms with Crippen LogP contribution in [-0.4, -0.2) is 14.5 Å². The van der Waals surface area contributed by atoms with Crippen LogP contribution in [0.4, 0.5) is 0 Å². The van der Waals surface area contributed by atoms with Crippen molar-refractivity contribution in [2.45, 2.75) is 26.2 Å². The predicted octanol–water partition coefficient (Wildman–Crippen LogP) is 14.9. The Kier molecular flexibility index (Phi) is 9.79. The highest BCUT2D eigenvalue weighted by atomic mass is 32.1. The van der Waals surface area contributed by atoms with Crippen molar-refractivity contribution in [3.8, 4) is 50.8 Å². The lowest BCUT2D eigenvalue weighted by Gasteiger charge is -2.00. The van der Waals surface area contributed by atoms with Crippen LogP contribution in [0.5, 0.6) is 0 Å². The summed E-state index contributed by atoms with van der Waals surface area (Å²) in [4.78, 5) is 11.1. The van der Waals surface area contributed by atoms with E-state index in [1.165, 1.54) is 53.8 Å². The van der Waals surface area contributed by atoms with Crippen LogP contribution < -0.4 is 18.3 Å². The van der Waals surface area contributed by atoms with Gasteiger partial charge < -0.3 is 22.1 Å². The van der Waals surface area contributed by atoms with Gasteiger partial charge in [-0.15, -0.1) is 9.13 Å². The number of benzene rings is 7. The Labute approximate surface area is 473 Å². The number of oxazole rings is 3. The zero-order chi connectivity index (χ0) is 53.6. The molecule has 21 rings (SSSR count). The van der Waals surface area contributed by atoms with Crippen LogP contribution >= 0.6 is 22.7 Å². The minimum absolute atomic E-state index is 0.818. The number of nitrogens with zero attached hydrogens (tertiary/aromatic N) is 7. The molecule has 0 aliphatic carbocycles. The fourth-order valence-electron chi connectivity index (χ4n) is 12.5. The van der Waals surface area contributed by atoms with Crippen LogP contribution in [-0.2, 0) is 26.2 Å². The normalized spacial score (nSPS) is 12.9. The van der Waals surface area contributed by atoms with Gasteiger partial charge in [-0.2, -0.15) is 13.7 Å². The smallest absolute Gasteiger partial charge is 0.422 e. The maximum absolute atomic E-state index is 6.39. The predicted molar refractivity (Wildman–Crippen MR) is 317 cm³/mol. The highest BCUT2D eigenvalue weighted by Crippen LogP contribution is 2.42. The number of thiophene rings is 1. The third-order valence-electron chi connectivity index (χ3n) is 16.2. The molecule has 0 spiro atoms. The lowest BCUT2D eigenvalue weighted by atomic mass is 10.1. The van der Waals surface area contributed by atoms with Crippen LogP contribution in [0.2, 0.25) is 0 Å². The average Bonchev–Trinajstić information content (AvgIpc) is 2.88. The Morgan fingerprint density at radius 2 is 0.988 bits per heavy atom. The molecular weight excluding hydrogens is 1060 g/mol. The van der Waals surface area contributed by atoms with Gasteiger partial charge in [0.15, 0.2) is 36.4 Å². The topological polar surface area (TPSA) is 112 Å². The molecule has 7 aromatic carbocycles. The number of aromatic nitrogens is 7. The van der Waals surface area contributed by atoms with E-state index in [1.54, 1.807) is 11.3 Å². The summed E-state index contributed by atoms with van der Waals surface area (Å²) in [7, 11) is 0. The molecule has 14 heterocycles. The second-order valence-corrected chi connectivity index (χ2v) is 22.8. The van der Waals surface area contributed by atoms with Gasteiger partial charge >= 0.3 is 28.0 Å². The fraction of sp³-hybridized carbons (Fsp3) is 0.0588. The first-order chi connectivity index (χ1) is 40.7. The van der Waals surface area contributed by atoms with Crippen molar-refractivity contribution in [1.82, 2.24) is 14.5 Å². The fourth-order valence-corrected chi connectivity index (χ4v) is 14.8. The lowest BCUT2D eigenvalue weighted by molar-refractivity contribution is -0.655. The van der Waals surface area contributed by atoms with E-state index in [9.17, 15) is 0 Å². The minimum atomic E-state index is 0.818. The SMILES string of the molecule is c1ccc(-n2c3ccccc3c3oc4[n+](c32)Cc2ccccc2-4)cc1.c1ccc2c(c1)C[n+]1c-2oc2c3ccccc3oc21.c1ccc2c(c1)C[n+]1c-2oc2c3ccccc3sc21.c1cnc2c(c1)C[n+]1c-2sc2oc3cccnc3c21. The van der Waals surface area contributed by atoms with Gasteiger partial charge in [-0.3, -0.25) is 0 Å². The Balaban J connectivity index is 0.0000000845. The second-order valence-electron chi connectivity index (χ2n) is 20.9. The second kappa shape index (κ2) is 17.6. The molecule has 4 aliphatic heterocycles. The third-order valence-corrected chi connectivity index (χ3v) is 18.5. The van der Waals surface area contributed by atoms with Gasteiger partial charge in [0.05, 0.1) is 33.0 Å². The molecule has 0 saturated heterocycles. The standard InChI is InChI=1S/C22H15N2O.C16H10NO2.C16H10NOS.C14H8N3OS/c1-2-9-16(10-3-1)24-19-13-7-6-12-18(19)20-21(24)23-14-15-8-4-5-11-17(15)22(23)25-20;1-2-6-11-10(5-1)9-17-15(11)19-14-12-7-3-4-8-13(12)18-16(14)17;1-2-6-11-10(5-1)9-17-15(11)18-14-12-7-3-4-8-13(12)19-16(14)17;1-3-8-7-17-12-11-9(4-2-6-16-11)18-14(12)19-13(17)10(8)15-5-1/h1-13H,14H2;2*1-8H,9H2;1-6H,7H2/q4*+1. The van der Waals surface area contributed by atoms with Gasteiger partial charge in [0, 0.05) is 39.2 Å². The number of hydrogen-bond acceptors (Lipinski definition) is 9. The van der Waals surface area contributed by atoms with Gasteiger partial charge in [-0.25, -0.2) is 9.97 Å². The number of fused-ring (bicyclic) bond motifs is 28. The highest BCUT2D eigenvalue weighted by Gasteiger charge is 2.40. The molecular formula is C68H43N7O5S2+4. The van der Waals surface area contributed by atoms with E-state index >= 15 is 0 Å². The number of furan rings is 2. The summed E-state index contributed by atoms with van der Waals surface area (Å²) < 4.78 is 43.0. The highest BCUT2D eigenvalue weighted by molar-refractivity contribution is 7.25. The summed E-state index contributed by atoms with van der Waals surface area (Å²) in [5.41, 5.74) is 20.7. The van der Waals surface area contributed by atoms with Crippen molar-refractivity contribution in [3.05, 3.63) is 235 Å². The molecule has 0 bridgehead atoms. The van der Waals surface area contributed by atoms with Crippen LogP contribution in [0.1, 0.15) is 22.3 Å². The van der Waals surface area contributed by atoms with E-state index in [0.717, 1.165) is 132 Å². The van der Waals surface area contributed by atoms with Gasteiger partial charge in [-0.05, 0) is 102 Å². The van der Waals surface area contributed by atoms with E-state index in [-0.39, 0.29) is 0 Å². The molecule has 12 nitrogen and oxygen atoms in total. The summed E-state index contributed by atoms with van der Waals surface area (Å²) in [6.45, 7) is 3.44. The van der Waals surface area contributed by atoms with Gasteiger partial charge in [0.1, 0.15) is 23.3 Å². The van der Waals surface area contributed by atoms with E-state index < -0.39 is 0 Å². The zero-order valence-electron chi connectivity index (χ0n) is 43.5. The Morgan fingerprint density at radius 1 is 0.415 bits per heavy atom. The molecule has 10 aromatic heterocycles. The minimum Gasteiger partial charge on any atom is -0.437 e. The molecule has 0 atom stereocenters. The van der Waals surface area contributed by atoms with Crippen molar-refractivity contribution in [2.75, 3.05) is 0 Å². The zero-order valence-corrected chi connectivity index (χ0v) is 45.2. The summed E-state index contributed by atoms with van der Waals surface area (Å²) in [6, 6.07) is 68.7. The van der Waals surface area contributed by atoms with Gasteiger partial charge in [-0.1, -0.05) is 121 Å². The van der Waals surface area contributed by atoms with Crippen molar-refractivity contribution in [2.24, 2.45) is 0 Å². The number of hydrogen-bond donors (Lipinski definition) is 0. The van der Waals surface area contributed by atoms with Crippen molar-refractivity contribution < 1.29 is 40.4 Å². The van der Waals surface area contributed by atoms with E-state index in [4.69, 9.17) is 22.1 Å². The summed E-state index contributed by atoms with van der Waals surface area (Å²) in [5, 5.41) is 4.58. The quantitative estimate of drug-likeness (QED) is 0.151. The first kappa shape index (κ1) is 45.6. The Morgan fingerprint density at radius 3 is 1.79 bits per heavy atom. The van der Waals surface area contributed by atoms with E-state index in [2.05, 4.69) is 184 Å².